The normalized spacial score (nSPS) is 18.2. The van der Waals surface area contributed by atoms with Crippen LogP contribution in [0.25, 0.3) is 0 Å². The smallest absolute Gasteiger partial charge is 0.236 e. The molecule has 0 aliphatic carbocycles. The van der Waals surface area contributed by atoms with Crippen molar-refractivity contribution in [2.24, 2.45) is 0 Å². The predicted octanol–water partition coefficient (Wildman–Crippen LogP) is 3.03. The average Bonchev–Trinajstić information content (AvgIpc) is 2.90. The van der Waals surface area contributed by atoms with E-state index in [9.17, 15) is 4.79 Å². The first-order valence-corrected chi connectivity index (χ1v) is 8.16. The van der Waals surface area contributed by atoms with Gasteiger partial charge in [-0.1, -0.05) is 20.3 Å². The monoisotopic (exact) mass is 292 g/mol. The van der Waals surface area contributed by atoms with Gasteiger partial charge in [-0.2, -0.15) is 0 Å². The highest BCUT2D eigenvalue weighted by Gasteiger charge is 2.23. The molecular weight excluding hydrogens is 264 g/mol. The van der Waals surface area contributed by atoms with Crippen molar-refractivity contribution in [3.8, 4) is 0 Å². The zero-order valence-corrected chi connectivity index (χ0v) is 13.6. The van der Waals surface area contributed by atoms with E-state index in [1.165, 1.54) is 0 Å². The number of unbranched alkanes of at least 4 members (excludes halogenated alkanes) is 1. The van der Waals surface area contributed by atoms with Gasteiger partial charge >= 0.3 is 0 Å². The van der Waals surface area contributed by atoms with Crippen LogP contribution in [0.1, 0.15) is 50.5 Å². The van der Waals surface area contributed by atoms with E-state index < -0.39 is 0 Å². The lowest BCUT2D eigenvalue weighted by molar-refractivity contribution is -0.136. The zero-order chi connectivity index (χ0) is 15.2. The summed E-state index contributed by atoms with van der Waals surface area (Å²) in [5.74, 6) is 2.72. The fourth-order valence-electron chi connectivity index (χ4n) is 2.77. The van der Waals surface area contributed by atoms with Crippen LogP contribution in [0.15, 0.2) is 16.5 Å². The minimum absolute atomic E-state index is 0.288. The Labute approximate surface area is 128 Å². The van der Waals surface area contributed by atoms with Crippen LogP contribution < -0.4 is 0 Å². The van der Waals surface area contributed by atoms with Crippen LogP contribution in [0.5, 0.6) is 0 Å². The first kappa shape index (κ1) is 16.1. The molecule has 0 spiro atoms. The molecule has 1 amide bonds. The van der Waals surface area contributed by atoms with E-state index in [0.29, 0.717) is 12.5 Å². The second-order valence-corrected chi connectivity index (χ2v) is 6.15. The van der Waals surface area contributed by atoms with Gasteiger partial charge in [0.2, 0.25) is 5.91 Å². The molecule has 21 heavy (non-hydrogen) atoms. The molecule has 4 heteroatoms. The number of furan rings is 1. The van der Waals surface area contributed by atoms with Crippen molar-refractivity contribution in [2.75, 3.05) is 32.7 Å². The number of nitrogens with zero attached hydrogens (tertiary/aromatic N) is 2. The summed E-state index contributed by atoms with van der Waals surface area (Å²) in [6, 6.07) is 4.08. The number of carbonyl (C=O) groups excluding carboxylic acids is 1. The van der Waals surface area contributed by atoms with Crippen molar-refractivity contribution in [3.63, 3.8) is 0 Å². The van der Waals surface area contributed by atoms with Gasteiger partial charge in [-0.25, -0.2) is 0 Å². The van der Waals surface area contributed by atoms with Crippen LogP contribution in [0, 0.1) is 6.92 Å². The quantitative estimate of drug-likeness (QED) is 0.775. The summed E-state index contributed by atoms with van der Waals surface area (Å²) in [5.41, 5.74) is 0. The Bertz CT molecular complexity index is 455. The van der Waals surface area contributed by atoms with Crippen LogP contribution in [-0.2, 0) is 4.79 Å². The topological polar surface area (TPSA) is 36.7 Å². The highest BCUT2D eigenvalue weighted by atomic mass is 16.3. The zero-order valence-electron chi connectivity index (χ0n) is 13.6. The number of aryl methyl sites for hydroxylation is 1. The number of rotatable bonds is 7. The van der Waals surface area contributed by atoms with Gasteiger partial charge in [0.25, 0.3) is 0 Å². The lowest BCUT2D eigenvalue weighted by Gasteiger charge is -2.34. The third-order valence-electron chi connectivity index (χ3n) is 4.30. The summed E-state index contributed by atoms with van der Waals surface area (Å²) in [7, 11) is 0. The van der Waals surface area contributed by atoms with Gasteiger partial charge in [0.1, 0.15) is 11.5 Å². The summed E-state index contributed by atoms with van der Waals surface area (Å²) in [5, 5.41) is 0. The van der Waals surface area contributed by atoms with Gasteiger partial charge in [-0.05, 0) is 38.4 Å². The molecule has 4 nitrogen and oxygen atoms in total. The van der Waals surface area contributed by atoms with E-state index in [0.717, 1.165) is 57.0 Å². The number of piperazine rings is 1. The Morgan fingerprint density at radius 3 is 2.71 bits per heavy atom. The Morgan fingerprint density at radius 1 is 1.29 bits per heavy atom. The molecule has 1 unspecified atom stereocenters. The number of hydrogen-bond acceptors (Lipinski definition) is 3. The highest BCUT2D eigenvalue weighted by Crippen LogP contribution is 2.21. The molecular formula is C17H28N2O2. The summed E-state index contributed by atoms with van der Waals surface area (Å²) < 4.78 is 5.67. The molecule has 0 N–H and O–H groups in total. The van der Waals surface area contributed by atoms with Crippen molar-refractivity contribution in [2.45, 2.75) is 46.0 Å². The maximum atomic E-state index is 12.1. The number of carbonyl (C=O) groups is 1. The standard InChI is InChI=1S/C17H28N2O2/c1-4-5-9-19-12-11-18(13-17(19)20)10-8-14(2)16-7-6-15(3)21-16/h6-7,14H,4-5,8-13H2,1-3H3. The maximum Gasteiger partial charge on any atom is 0.236 e. The van der Waals surface area contributed by atoms with Gasteiger partial charge in [0, 0.05) is 25.6 Å². The minimum Gasteiger partial charge on any atom is -0.466 e. The molecule has 1 aliphatic rings. The van der Waals surface area contributed by atoms with Crippen LogP contribution in [0.2, 0.25) is 0 Å². The van der Waals surface area contributed by atoms with Gasteiger partial charge in [-0.15, -0.1) is 0 Å². The molecule has 0 bridgehead atoms. The molecule has 1 fully saturated rings. The second-order valence-electron chi connectivity index (χ2n) is 6.15. The van der Waals surface area contributed by atoms with Crippen LogP contribution >= 0.6 is 0 Å². The fourth-order valence-corrected chi connectivity index (χ4v) is 2.77. The third kappa shape index (κ3) is 4.60. The van der Waals surface area contributed by atoms with Crippen LogP contribution in [0.3, 0.4) is 0 Å². The highest BCUT2D eigenvalue weighted by molar-refractivity contribution is 5.79. The molecule has 0 radical (unpaired) electrons. The lowest BCUT2D eigenvalue weighted by Crippen LogP contribution is -2.50. The second kappa shape index (κ2) is 7.64. The molecule has 118 valence electrons. The SMILES string of the molecule is CCCCN1CCN(CCC(C)c2ccc(C)o2)CC1=O. The van der Waals surface area contributed by atoms with E-state index in [1.807, 2.05) is 17.9 Å². The van der Waals surface area contributed by atoms with E-state index in [1.54, 1.807) is 0 Å². The molecule has 1 aromatic rings. The Kier molecular flexibility index (Phi) is 5.85. The van der Waals surface area contributed by atoms with Gasteiger partial charge in [0.05, 0.1) is 6.54 Å². The first-order chi connectivity index (χ1) is 10.1. The molecule has 1 saturated heterocycles. The molecule has 2 rings (SSSR count). The average molecular weight is 292 g/mol. The minimum atomic E-state index is 0.288. The third-order valence-corrected chi connectivity index (χ3v) is 4.30. The summed E-state index contributed by atoms with van der Waals surface area (Å²) in [6.07, 6.45) is 3.30. The van der Waals surface area contributed by atoms with E-state index in [-0.39, 0.29) is 5.91 Å². The van der Waals surface area contributed by atoms with Crippen molar-refractivity contribution >= 4 is 5.91 Å². The number of hydrogen-bond donors (Lipinski definition) is 0. The van der Waals surface area contributed by atoms with E-state index >= 15 is 0 Å². The van der Waals surface area contributed by atoms with Crippen molar-refractivity contribution < 1.29 is 9.21 Å². The van der Waals surface area contributed by atoms with Crippen molar-refractivity contribution in [1.82, 2.24) is 9.80 Å². The summed E-state index contributed by atoms with van der Waals surface area (Å²) >= 11 is 0. The van der Waals surface area contributed by atoms with Gasteiger partial charge in [-0.3, -0.25) is 9.69 Å². The molecule has 1 aliphatic heterocycles. The van der Waals surface area contributed by atoms with Gasteiger partial charge < -0.3 is 9.32 Å². The Hall–Kier alpha value is -1.29. The molecule has 0 saturated carbocycles. The first-order valence-electron chi connectivity index (χ1n) is 8.16. The lowest BCUT2D eigenvalue weighted by atomic mass is 10.0. The van der Waals surface area contributed by atoms with Crippen molar-refractivity contribution in [1.29, 1.82) is 0 Å². The maximum absolute atomic E-state index is 12.1. The Morgan fingerprint density at radius 2 is 2.10 bits per heavy atom. The van der Waals surface area contributed by atoms with Crippen molar-refractivity contribution in [3.05, 3.63) is 23.7 Å². The molecule has 2 heterocycles. The summed E-state index contributed by atoms with van der Waals surface area (Å²) in [4.78, 5) is 16.4. The van der Waals surface area contributed by atoms with E-state index in [4.69, 9.17) is 4.42 Å². The predicted molar refractivity (Wildman–Crippen MR) is 84.4 cm³/mol. The Balaban J connectivity index is 1.74. The van der Waals surface area contributed by atoms with Crippen LogP contribution in [-0.4, -0.2) is 48.4 Å². The molecule has 0 aromatic carbocycles. The molecule has 1 atom stereocenters. The fraction of sp³-hybridized carbons (Fsp3) is 0.706. The summed E-state index contributed by atoms with van der Waals surface area (Å²) in [6.45, 7) is 10.7. The number of amides is 1. The van der Waals surface area contributed by atoms with Gasteiger partial charge in [0.15, 0.2) is 0 Å². The van der Waals surface area contributed by atoms with Crippen LogP contribution in [0.4, 0.5) is 0 Å². The largest absolute Gasteiger partial charge is 0.466 e. The van der Waals surface area contributed by atoms with E-state index in [2.05, 4.69) is 24.8 Å². The molecule has 1 aromatic heterocycles.